The third-order valence-corrected chi connectivity index (χ3v) is 8.02. The van der Waals surface area contributed by atoms with Gasteiger partial charge in [0, 0.05) is 38.2 Å². The van der Waals surface area contributed by atoms with Crippen LogP contribution >= 0.6 is 0 Å². The van der Waals surface area contributed by atoms with E-state index in [-0.39, 0.29) is 11.7 Å². The molecule has 44 heavy (non-hydrogen) atoms. The highest BCUT2D eigenvalue weighted by atomic mass is 19.1. The van der Waals surface area contributed by atoms with Crippen LogP contribution in [0.15, 0.2) is 72.8 Å². The van der Waals surface area contributed by atoms with Crippen LogP contribution in [0.4, 0.5) is 10.2 Å². The lowest BCUT2D eigenvalue weighted by Crippen LogP contribution is -2.49. The molecule has 3 aromatic carbocycles. The molecule has 6 rings (SSSR count). The summed E-state index contributed by atoms with van der Waals surface area (Å²) in [5.74, 6) is 1.98. The van der Waals surface area contributed by atoms with Gasteiger partial charge in [-0.05, 0) is 74.4 Å². The molecular weight excluding hydrogens is 555 g/mol. The number of ether oxygens (including phenoxy) is 1. The second-order valence-electron chi connectivity index (χ2n) is 11.3. The number of benzene rings is 3. The summed E-state index contributed by atoms with van der Waals surface area (Å²) in [6, 6.07) is 22.1. The Morgan fingerprint density at radius 3 is 2.27 bits per heavy atom. The molecule has 1 amide bonds. The van der Waals surface area contributed by atoms with Gasteiger partial charge in [0.2, 0.25) is 0 Å². The van der Waals surface area contributed by atoms with Crippen LogP contribution < -0.4 is 9.64 Å². The van der Waals surface area contributed by atoms with Crippen LogP contribution in [0.2, 0.25) is 0 Å². The zero-order valence-corrected chi connectivity index (χ0v) is 25.5. The smallest absolute Gasteiger partial charge is 0.253 e. The molecule has 9 heteroatoms. The molecule has 1 fully saturated rings. The summed E-state index contributed by atoms with van der Waals surface area (Å²) in [7, 11) is 0. The number of hydrogen-bond acceptors (Lipinski definition) is 6. The predicted octanol–water partition coefficient (Wildman–Crippen LogP) is 6.30. The van der Waals surface area contributed by atoms with E-state index in [0.717, 1.165) is 46.7 Å². The summed E-state index contributed by atoms with van der Waals surface area (Å²) in [4.78, 5) is 27.5. The molecule has 0 radical (unpaired) electrons. The number of rotatable bonds is 9. The fraction of sp³-hybridized carbons (Fsp3) is 0.314. The number of carbonyl (C=O) groups is 1. The Balaban J connectivity index is 1.27. The summed E-state index contributed by atoms with van der Waals surface area (Å²) in [5, 5.41) is 5.67. The zero-order chi connectivity index (χ0) is 30.6. The van der Waals surface area contributed by atoms with E-state index in [1.54, 1.807) is 16.8 Å². The molecule has 0 unspecified atom stereocenters. The van der Waals surface area contributed by atoms with Gasteiger partial charge in [-0.3, -0.25) is 4.79 Å². The largest absolute Gasteiger partial charge is 0.494 e. The van der Waals surface area contributed by atoms with Crippen molar-refractivity contribution in [3.05, 3.63) is 107 Å². The number of aryl methyl sites for hydroxylation is 2. The van der Waals surface area contributed by atoms with E-state index >= 15 is 0 Å². The first-order valence-corrected chi connectivity index (χ1v) is 15.2. The summed E-state index contributed by atoms with van der Waals surface area (Å²) < 4.78 is 21.3. The fourth-order valence-corrected chi connectivity index (χ4v) is 5.50. The van der Waals surface area contributed by atoms with E-state index in [0.29, 0.717) is 56.2 Å². The van der Waals surface area contributed by atoms with Gasteiger partial charge in [0.1, 0.15) is 23.2 Å². The molecule has 0 bridgehead atoms. The minimum absolute atomic E-state index is 0.0120. The monoisotopic (exact) mass is 592 g/mol. The van der Waals surface area contributed by atoms with Gasteiger partial charge >= 0.3 is 0 Å². The van der Waals surface area contributed by atoms with Crippen LogP contribution in [-0.2, 0) is 6.42 Å². The maximum Gasteiger partial charge on any atom is 0.253 e. The van der Waals surface area contributed by atoms with Crippen molar-refractivity contribution in [1.82, 2.24) is 24.6 Å². The van der Waals surface area contributed by atoms with Crippen molar-refractivity contribution < 1.29 is 13.9 Å². The first-order chi connectivity index (χ1) is 21.4. The van der Waals surface area contributed by atoms with Crippen LogP contribution in [0.5, 0.6) is 5.75 Å². The maximum absolute atomic E-state index is 13.7. The molecule has 5 aromatic rings. The molecule has 0 spiro atoms. The van der Waals surface area contributed by atoms with Crippen molar-refractivity contribution in [3.63, 3.8) is 0 Å². The van der Waals surface area contributed by atoms with E-state index in [2.05, 4.69) is 43.0 Å². The van der Waals surface area contributed by atoms with E-state index in [9.17, 15) is 9.18 Å². The number of anilines is 1. The Bertz CT molecular complexity index is 1740. The molecular formula is C35H37FN6O2. The first kappa shape index (κ1) is 29.3. The number of amides is 1. The van der Waals surface area contributed by atoms with Gasteiger partial charge in [-0.1, -0.05) is 43.2 Å². The van der Waals surface area contributed by atoms with Crippen molar-refractivity contribution in [3.8, 4) is 11.4 Å². The van der Waals surface area contributed by atoms with Crippen molar-refractivity contribution in [1.29, 1.82) is 0 Å². The number of aromatic nitrogens is 4. The number of unbranched alkanes of at least 4 members (excludes halogenated alkanes) is 1. The second kappa shape index (κ2) is 12.8. The lowest BCUT2D eigenvalue weighted by molar-refractivity contribution is 0.0746. The molecule has 0 N–H and O–H groups in total. The average molecular weight is 593 g/mol. The summed E-state index contributed by atoms with van der Waals surface area (Å²) in [5.41, 5.74) is 5.17. The Hall–Kier alpha value is -4.79. The number of hydrogen-bond donors (Lipinski definition) is 0. The third-order valence-electron chi connectivity index (χ3n) is 8.02. The fourth-order valence-electron chi connectivity index (χ4n) is 5.50. The van der Waals surface area contributed by atoms with Crippen molar-refractivity contribution in [2.45, 2.75) is 40.0 Å². The van der Waals surface area contributed by atoms with E-state index in [1.807, 2.05) is 36.1 Å². The Morgan fingerprint density at radius 1 is 0.886 bits per heavy atom. The third kappa shape index (κ3) is 6.27. The molecule has 226 valence electrons. The molecule has 1 aliphatic rings. The van der Waals surface area contributed by atoms with Crippen molar-refractivity contribution in [2.75, 3.05) is 37.7 Å². The Morgan fingerprint density at radius 2 is 1.59 bits per heavy atom. The maximum atomic E-state index is 13.7. The molecule has 8 nitrogen and oxygen atoms in total. The molecule has 0 aliphatic carbocycles. The first-order valence-electron chi connectivity index (χ1n) is 15.2. The van der Waals surface area contributed by atoms with Gasteiger partial charge in [0.05, 0.1) is 23.4 Å². The lowest BCUT2D eigenvalue weighted by atomic mass is 10.1. The lowest BCUT2D eigenvalue weighted by Gasteiger charge is -2.36. The summed E-state index contributed by atoms with van der Waals surface area (Å²) in [6.45, 7) is 9.21. The van der Waals surface area contributed by atoms with Crippen LogP contribution in [0.25, 0.3) is 16.7 Å². The van der Waals surface area contributed by atoms with Gasteiger partial charge in [-0.15, -0.1) is 0 Å². The number of fused-ring (bicyclic) bond motifs is 1. The summed E-state index contributed by atoms with van der Waals surface area (Å²) >= 11 is 0. The standard InChI is InChI=1S/C35H37FN6O2/c1-4-5-22-44-30-16-10-27(11-17-30)35(43)41-20-18-40(19-21-41)33-32-25(3)39-42(29-14-12-28(36)13-15-29)34(32)38-31(37-33)23-26-8-6-24(2)7-9-26/h6-17H,4-5,18-23H2,1-3H3. The normalized spacial score (nSPS) is 13.5. The highest BCUT2D eigenvalue weighted by Gasteiger charge is 2.27. The van der Waals surface area contributed by atoms with E-state index in [4.69, 9.17) is 19.8 Å². The van der Waals surface area contributed by atoms with Crippen molar-refractivity contribution in [2.24, 2.45) is 0 Å². The van der Waals surface area contributed by atoms with E-state index in [1.165, 1.54) is 17.7 Å². The second-order valence-corrected chi connectivity index (χ2v) is 11.3. The van der Waals surface area contributed by atoms with Gasteiger partial charge in [-0.25, -0.2) is 19.0 Å². The van der Waals surface area contributed by atoms with Crippen molar-refractivity contribution >= 4 is 22.8 Å². The topological polar surface area (TPSA) is 76.4 Å². The average Bonchev–Trinajstić information content (AvgIpc) is 3.38. The molecule has 0 saturated carbocycles. The number of piperazine rings is 1. The predicted molar refractivity (Wildman–Crippen MR) is 170 cm³/mol. The van der Waals surface area contributed by atoms with Crippen LogP contribution in [-0.4, -0.2) is 63.3 Å². The highest BCUT2D eigenvalue weighted by molar-refractivity contribution is 5.95. The zero-order valence-electron chi connectivity index (χ0n) is 25.5. The Kier molecular flexibility index (Phi) is 8.54. The van der Waals surface area contributed by atoms with E-state index < -0.39 is 0 Å². The molecule has 0 atom stereocenters. The van der Waals surface area contributed by atoms with Crippen LogP contribution in [0.3, 0.4) is 0 Å². The molecule has 3 heterocycles. The quantitative estimate of drug-likeness (QED) is 0.187. The minimum Gasteiger partial charge on any atom is -0.494 e. The highest BCUT2D eigenvalue weighted by Crippen LogP contribution is 2.30. The summed E-state index contributed by atoms with van der Waals surface area (Å²) in [6.07, 6.45) is 2.64. The number of halogens is 1. The Labute approximate surface area is 257 Å². The van der Waals surface area contributed by atoms with Gasteiger partial charge < -0.3 is 14.5 Å². The molecule has 2 aromatic heterocycles. The van der Waals surface area contributed by atoms with Gasteiger partial charge in [-0.2, -0.15) is 5.10 Å². The SMILES string of the molecule is CCCCOc1ccc(C(=O)N2CCN(c3nc(Cc4ccc(C)cc4)nc4c3c(C)nn4-c3ccc(F)cc3)CC2)cc1. The van der Waals surface area contributed by atoms with Crippen LogP contribution in [0.1, 0.15) is 52.8 Å². The molecule has 1 saturated heterocycles. The van der Waals surface area contributed by atoms with Gasteiger partial charge in [0.25, 0.3) is 5.91 Å². The minimum atomic E-state index is -0.305. The number of carbonyl (C=O) groups excluding carboxylic acids is 1. The van der Waals surface area contributed by atoms with Crippen LogP contribution in [0, 0.1) is 19.7 Å². The number of nitrogens with zero attached hydrogens (tertiary/aromatic N) is 6. The van der Waals surface area contributed by atoms with Gasteiger partial charge in [0.15, 0.2) is 5.65 Å². The molecule has 1 aliphatic heterocycles.